The van der Waals surface area contributed by atoms with Gasteiger partial charge in [0.25, 0.3) is 0 Å². The number of rotatable bonds is 3. The van der Waals surface area contributed by atoms with E-state index in [1.165, 1.54) is 4.90 Å². The minimum absolute atomic E-state index is 0. The molecular weight excluding hydrogens is 368 g/mol. The van der Waals surface area contributed by atoms with Gasteiger partial charge in [-0.05, 0) is 22.3 Å². The van der Waals surface area contributed by atoms with Crippen LogP contribution in [0.1, 0.15) is 17.0 Å². The maximum Gasteiger partial charge on any atom is 0.410 e. The number of nitrogens with zero attached hydrogens (tertiary/aromatic N) is 1. The van der Waals surface area contributed by atoms with Gasteiger partial charge in [-0.1, -0.05) is 48.5 Å². The molecule has 2 aromatic carbocycles. The maximum atomic E-state index is 12.5. The number of carboxylic acids is 1. The summed E-state index contributed by atoms with van der Waals surface area (Å²) < 4.78 is 5.56. The largest absolute Gasteiger partial charge is 0.480 e. The van der Waals surface area contributed by atoms with Crippen molar-refractivity contribution in [3.8, 4) is 11.1 Å². The third-order valence-electron chi connectivity index (χ3n) is 5.10. The highest BCUT2D eigenvalue weighted by Gasteiger charge is 2.34. The molecule has 1 saturated heterocycles. The van der Waals surface area contributed by atoms with E-state index in [1.807, 2.05) is 24.3 Å². The standard InChI is InChI=1S/C20H20N2O4.ClH/c23-19(24)18-11-21-9-10-22(18)20(25)26-12-17-15-7-3-1-5-13(15)14-6-2-4-8-16(14)17;/h1-8,17-18,21H,9-12H2,(H,23,24);1H. The van der Waals surface area contributed by atoms with Gasteiger partial charge < -0.3 is 15.2 Å². The van der Waals surface area contributed by atoms with Crippen LogP contribution in [0.15, 0.2) is 48.5 Å². The Hall–Kier alpha value is -2.57. The molecule has 0 radical (unpaired) electrons. The third-order valence-corrected chi connectivity index (χ3v) is 5.10. The molecule has 0 aromatic heterocycles. The molecular formula is C20H21ClN2O4. The van der Waals surface area contributed by atoms with Crippen LogP contribution in [0.2, 0.25) is 0 Å². The molecule has 27 heavy (non-hydrogen) atoms. The summed E-state index contributed by atoms with van der Waals surface area (Å²) >= 11 is 0. The Balaban J connectivity index is 0.00000210. The Kier molecular flexibility index (Phi) is 5.68. The summed E-state index contributed by atoms with van der Waals surface area (Å²) in [7, 11) is 0. The first-order chi connectivity index (χ1) is 12.7. The van der Waals surface area contributed by atoms with Gasteiger partial charge in [0.2, 0.25) is 0 Å². The highest BCUT2D eigenvalue weighted by atomic mass is 35.5. The molecule has 4 rings (SSSR count). The van der Waals surface area contributed by atoms with Crippen LogP contribution in [0, 0.1) is 0 Å². The molecule has 1 aliphatic heterocycles. The number of ether oxygens (including phenoxy) is 1. The monoisotopic (exact) mass is 388 g/mol. The number of piperazine rings is 1. The van der Waals surface area contributed by atoms with Crippen molar-refractivity contribution in [2.45, 2.75) is 12.0 Å². The Morgan fingerprint density at radius 1 is 1.07 bits per heavy atom. The number of hydrogen-bond donors (Lipinski definition) is 2. The zero-order chi connectivity index (χ0) is 18.1. The molecule has 0 bridgehead atoms. The van der Waals surface area contributed by atoms with E-state index in [-0.39, 0.29) is 31.5 Å². The highest BCUT2D eigenvalue weighted by molar-refractivity contribution is 5.85. The molecule has 7 heteroatoms. The number of nitrogens with one attached hydrogen (secondary N) is 1. The van der Waals surface area contributed by atoms with Gasteiger partial charge in [-0.25, -0.2) is 9.59 Å². The lowest BCUT2D eigenvalue weighted by molar-refractivity contribution is -0.143. The van der Waals surface area contributed by atoms with Gasteiger partial charge in [0.15, 0.2) is 0 Å². The van der Waals surface area contributed by atoms with Crippen LogP contribution in [-0.4, -0.2) is 54.4 Å². The first-order valence-corrected chi connectivity index (χ1v) is 8.72. The molecule has 0 spiro atoms. The van der Waals surface area contributed by atoms with Crippen LogP contribution >= 0.6 is 12.4 Å². The second kappa shape index (κ2) is 7.98. The van der Waals surface area contributed by atoms with Crippen molar-refractivity contribution in [3.05, 3.63) is 59.7 Å². The molecule has 1 atom stereocenters. The van der Waals surface area contributed by atoms with Crippen LogP contribution in [-0.2, 0) is 9.53 Å². The molecule has 1 heterocycles. The fourth-order valence-electron chi connectivity index (χ4n) is 3.82. The van der Waals surface area contributed by atoms with E-state index in [9.17, 15) is 14.7 Å². The molecule has 2 N–H and O–H groups in total. The third kappa shape index (κ3) is 3.50. The van der Waals surface area contributed by atoms with Gasteiger partial charge >= 0.3 is 12.1 Å². The average Bonchev–Trinajstić information content (AvgIpc) is 3.00. The van der Waals surface area contributed by atoms with E-state index in [4.69, 9.17) is 4.74 Å². The Bertz CT molecular complexity index is 812. The van der Waals surface area contributed by atoms with E-state index in [0.29, 0.717) is 13.1 Å². The number of carbonyl (C=O) groups excluding carboxylic acids is 1. The Morgan fingerprint density at radius 3 is 2.26 bits per heavy atom. The van der Waals surface area contributed by atoms with E-state index in [1.54, 1.807) is 0 Å². The number of carboxylic acid groups (broad SMARTS) is 1. The summed E-state index contributed by atoms with van der Waals surface area (Å²) in [5.74, 6) is -1.05. The van der Waals surface area contributed by atoms with Gasteiger partial charge in [-0.15, -0.1) is 12.4 Å². The number of hydrogen-bond acceptors (Lipinski definition) is 4. The zero-order valence-electron chi connectivity index (χ0n) is 14.6. The first kappa shape index (κ1) is 19.2. The van der Waals surface area contributed by atoms with Crippen molar-refractivity contribution in [2.75, 3.05) is 26.2 Å². The maximum absolute atomic E-state index is 12.5. The lowest BCUT2D eigenvalue weighted by Gasteiger charge is -2.32. The van der Waals surface area contributed by atoms with Gasteiger partial charge in [0.1, 0.15) is 12.6 Å². The van der Waals surface area contributed by atoms with Gasteiger partial charge in [-0.3, -0.25) is 4.90 Å². The highest BCUT2D eigenvalue weighted by Crippen LogP contribution is 2.44. The van der Waals surface area contributed by atoms with Gasteiger partial charge in [0.05, 0.1) is 0 Å². The second-order valence-corrected chi connectivity index (χ2v) is 6.56. The smallest absolute Gasteiger partial charge is 0.410 e. The number of carbonyl (C=O) groups is 2. The fourth-order valence-corrected chi connectivity index (χ4v) is 3.82. The summed E-state index contributed by atoms with van der Waals surface area (Å²) in [6.45, 7) is 1.32. The van der Waals surface area contributed by atoms with Crippen molar-refractivity contribution in [1.29, 1.82) is 0 Å². The molecule has 0 saturated carbocycles. The van der Waals surface area contributed by atoms with Crippen LogP contribution in [0.25, 0.3) is 11.1 Å². The van der Waals surface area contributed by atoms with Crippen LogP contribution in [0.4, 0.5) is 4.79 Å². The minimum atomic E-state index is -1.02. The predicted octanol–water partition coefficient (Wildman–Crippen LogP) is 2.72. The normalized spacial score (nSPS) is 18.2. The number of benzene rings is 2. The minimum Gasteiger partial charge on any atom is -0.480 e. The number of halogens is 1. The molecule has 1 fully saturated rings. The molecule has 142 valence electrons. The van der Waals surface area contributed by atoms with Crippen molar-refractivity contribution in [3.63, 3.8) is 0 Å². The summed E-state index contributed by atoms with van der Waals surface area (Å²) in [4.78, 5) is 25.2. The lowest BCUT2D eigenvalue weighted by atomic mass is 9.98. The number of amides is 1. The molecule has 2 aromatic rings. The van der Waals surface area contributed by atoms with E-state index in [0.717, 1.165) is 22.3 Å². The van der Waals surface area contributed by atoms with Crippen molar-refractivity contribution in [2.24, 2.45) is 0 Å². The fraction of sp³-hybridized carbons (Fsp3) is 0.300. The van der Waals surface area contributed by atoms with Crippen molar-refractivity contribution < 1.29 is 19.4 Å². The second-order valence-electron chi connectivity index (χ2n) is 6.56. The topological polar surface area (TPSA) is 78.9 Å². The van der Waals surface area contributed by atoms with E-state index >= 15 is 0 Å². The SMILES string of the molecule is Cl.O=C(O)C1CNCCN1C(=O)OCC1c2ccccc2-c2ccccc21. The van der Waals surface area contributed by atoms with E-state index < -0.39 is 18.1 Å². The Labute approximate surface area is 163 Å². The first-order valence-electron chi connectivity index (χ1n) is 8.72. The molecule has 1 amide bonds. The summed E-state index contributed by atoms with van der Waals surface area (Å²) in [6.07, 6.45) is -0.569. The van der Waals surface area contributed by atoms with Crippen molar-refractivity contribution in [1.82, 2.24) is 10.2 Å². The zero-order valence-corrected chi connectivity index (χ0v) is 15.4. The van der Waals surface area contributed by atoms with Gasteiger partial charge in [0, 0.05) is 25.6 Å². The number of fused-ring (bicyclic) bond motifs is 3. The summed E-state index contributed by atoms with van der Waals surface area (Å²) in [5, 5.41) is 12.3. The molecule has 1 unspecified atom stereocenters. The molecule has 6 nitrogen and oxygen atoms in total. The van der Waals surface area contributed by atoms with Crippen LogP contribution in [0.5, 0.6) is 0 Å². The summed E-state index contributed by atoms with van der Waals surface area (Å²) in [5.41, 5.74) is 4.60. The van der Waals surface area contributed by atoms with Gasteiger partial charge in [-0.2, -0.15) is 0 Å². The number of aliphatic carboxylic acids is 1. The van der Waals surface area contributed by atoms with E-state index in [2.05, 4.69) is 29.6 Å². The van der Waals surface area contributed by atoms with Crippen LogP contribution < -0.4 is 5.32 Å². The summed E-state index contributed by atoms with van der Waals surface area (Å²) in [6, 6.07) is 15.3. The molecule has 2 aliphatic rings. The quantitative estimate of drug-likeness (QED) is 0.845. The van der Waals surface area contributed by atoms with Crippen LogP contribution in [0.3, 0.4) is 0 Å². The lowest BCUT2D eigenvalue weighted by Crippen LogP contribution is -2.57. The molecule has 1 aliphatic carbocycles. The Morgan fingerprint density at radius 2 is 1.67 bits per heavy atom. The van der Waals surface area contributed by atoms with Crippen molar-refractivity contribution >= 4 is 24.5 Å². The average molecular weight is 389 g/mol. The predicted molar refractivity (Wildman–Crippen MR) is 103 cm³/mol.